The summed E-state index contributed by atoms with van der Waals surface area (Å²) >= 11 is 0. The summed E-state index contributed by atoms with van der Waals surface area (Å²) in [4.78, 5) is 22.5. The van der Waals surface area contributed by atoms with Gasteiger partial charge in [0.1, 0.15) is 0 Å². The number of allylic oxidation sites excluding steroid dienone is 3. The number of nitrogens with one attached hydrogen (secondary N) is 1. The lowest BCUT2D eigenvalue weighted by atomic mass is 10.3. The molecular formula is C14H13F2NO3. The largest absolute Gasteiger partial charge is 0.452 e. The summed E-state index contributed by atoms with van der Waals surface area (Å²) in [6, 6.07) is 2.92. The molecule has 1 amide bonds. The molecule has 6 heteroatoms. The van der Waals surface area contributed by atoms with Gasteiger partial charge in [-0.3, -0.25) is 4.79 Å². The van der Waals surface area contributed by atoms with E-state index < -0.39 is 30.1 Å². The Kier molecular flexibility index (Phi) is 6.09. The van der Waals surface area contributed by atoms with Crippen LogP contribution in [-0.4, -0.2) is 18.5 Å². The van der Waals surface area contributed by atoms with Crippen LogP contribution >= 0.6 is 0 Å². The summed E-state index contributed by atoms with van der Waals surface area (Å²) in [6.07, 6.45) is 5.97. The number of halogens is 2. The highest BCUT2D eigenvalue weighted by Crippen LogP contribution is 2.12. The maximum absolute atomic E-state index is 12.9. The van der Waals surface area contributed by atoms with Gasteiger partial charge in [0.25, 0.3) is 5.91 Å². The summed E-state index contributed by atoms with van der Waals surface area (Å²) in [5.74, 6) is -3.41. The van der Waals surface area contributed by atoms with Gasteiger partial charge in [0, 0.05) is 17.8 Å². The minimum Gasteiger partial charge on any atom is -0.452 e. The summed E-state index contributed by atoms with van der Waals surface area (Å²) in [6.45, 7) is 1.27. The highest BCUT2D eigenvalue weighted by atomic mass is 19.2. The van der Waals surface area contributed by atoms with E-state index in [4.69, 9.17) is 0 Å². The second-order valence-electron chi connectivity index (χ2n) is 3.67. The van der Waals surface area contributed by atoms with Crippen molar-refractivity contribution in [1.29, 1.82) is 0 Å². The average Bonchev–Trinajstić information content (AvgIpc) is 2.41. The van der Waals surface area contributed by atoms with Crippen LogP contribution in [0.2, 0.25) is 0 Å². The fraction of sp³-hybridized carbons (Fsp3) is 0.143. The monoisotopic (exact) mass is 281 g/mol. The highest BCUT2D eigenvalue weighted by Gasteiger charge is 2.07. The number of amides is 1. The second kappa shape index (κ2) is 7.83. The molecule has 0 spiro atoms. The Bertz CT molecular complexity index is 553. The van der Waals surface area contributed by atoms with Crippen molar-refractivity contribution >= 4 is 17.6 Å². The van der Waals surface area contributed by atoms with Gasteiger partial charge in [0.15, 0.2) is 18.2 Å². The van der Waals surface area contributed by atoms with Crippen LogP contribution in [0.1, 0.15) is 6.92 Å². The molecule has 0 radical (unpaired) electrons. The molecule has 20 heavy (non-hydrogen) atoms. The summed E-state index contributed by atoms with van der Waals surface area (Å²) in [5.41, 5.74) is 0.0782. The number of carbonyl (C=O) groups excluding carboxylic acids is 2. The van der Waals surface area contributed by atoms with Crippen LogP contribution in [0, 0.1) is 11.6 Å². The Balaban J connectivity index is 2.44. The number of hydrogen-bond acceptors (Lipinski definition) is 3. The number of anilines is 1. The predicted molar refractivity (Wildman–Crippen MR) is 69.9 cm³/mol. The molecule has 4 nitrogen and oxygen atoms in total. The van der Waals surface area contributed by atoms with Crippen LogP contribution in [-0.2, 0) is 14.3 Å². The van der Waals surface area contributed by atoms with Crippen LogP contribution in [0.3, 0.4) is 0 Å². The van der Waals surface area contributed by atoms with E-state index in [1.807, 2.05) is 0 Å². The molecule has 0 aliphatic carbocycles. The van der Waals surface area contributed by atoms with Crippen LogP contribution in [0.4, 0.5) is 14.5 Å². The minimum absolute atomic E-state index is 0.0782. The molecule has 0 atom stereocenters. The molecule has 1 aromatic rings. The molecule has 0 unspecified atom stereocenters. The van der Waals surface area contributed by atoms with Crippen LogP contribution in [0.15, 0.2) is 42.5 Å². The van der Waals surface area contributed by atoms with Crippen molar-refractivity contribution in [3.05, 3.63) is 54.1 Å². The summed E-state index contributed by atoms with van der Waals surface area (Å²) in [7, 11) is 0. The van der Waals surface area contributed by atoms with Gasteiger partial charge in [0.05, 0.1) is 0 Å². The normalized spacial score (nSPS) is 10.9. The van der Waals surface area contributed by atoms with E-state index in [1.54, 1.807) is 19.1 Å². The maximum atomic E-state index is 12.9. The van der Waals surface area contributed by atoms with E-state index in [1.165, 1.54) is 12.1 Å². The molecule has 0 saturated carbocycles. The highest BCUT2D eigenvalue weighted by molar-refractivity contribution is 5.93. The van der Waals surface area contributed by atoms with E-state index in [0.29, 0.717) is 0 Å². The molecule has 1 aromatic carbocycles. The Morgan fingerprint density at radius 1 is 1.25 bits per heavy atom. The Labute approximate surface area is 114 Å². The molecule has 0 saturated heterocycles. The Hall–Kier alpha value is -2.50. The first-order valence-electron chi connectivity index (χ1n) is 5.74. The van der Waals surface area contributed by atoms with Crippen molar-refractivity contribution < 1.29 is 23.1 Å². The first-order valence-corrected chi connectivity index (χ1v) is 5.74. The minimum atomic E-state index is -1.07. The van der Waals surface area contributed by atoms with E-state index in [0.717, 1.165) is 18.2 Å². The molecule has 0 aromatic heterocycles. The summed E-state index contributed by atoms with van der Waals surface area (Å²) < 4.78 is 30.2. The van der Waals surface area contributed by atoms with Crippen molar-refractivity contribution in [2.75, 3.05) is 11.9 Å². The zero-order valence-corrected chi connectivity index (χ0v) is 10.7. The number of benzene rings is 1. The Morgan fingerprint density at radius 2 is 2.00 bits per heavy atom. The first kappa shape index (κ1) is 15.6. The van der Waals surface area contributed by atoms with Crippen molar-refractivity contribution in [1.82, 2.24) is 0 Å². The molecule has 0 heterocycles. The number of esters is 1. The van der Waals surface area contributed by atoms with Gasteiger partial charge in [-0.25, -0.2) is 13.6 Å². The zero-order chi connectivity index (χ0) is 15.0. The number of hydrogen-bond donors (Lipinski definition) is 1. The smallest absolute Gasteiger partial charge is 0.331 e. The fourth-order valence-electron chi connectivity index (χ4n) is 1.20. The lowest BCUT2D eigenvalue weighted by Gasteiger charge is -2.05. The van der Waals surface area contributed by atoms with Gasteiger partial charge in [-0.05, 0) is 19.1 Å². The van der Waals surface area contributed by atoms with Gasteiger partial charge in [-0.2, -0.15) is 0 Å². The third kappa shape index (κ3) is 5.43. The van der Waals surface area contributed by atoms with Crippen molar-refractivity contribution in [2.45, 2.75) is 6.92 Å². The lowest BCUT2D eigenvalue weighted by molar-refractivity contribution is -0.142. The standard InChI is InChI=1S/C14H13F2NO3/c1-2-3-4-5-14(19)20-9-13(18)17-10-6-7-11(15)12(16)8-10/h2-8H,9H2,1H3,(H,17,18)/b3-2+,5-4+. The average molecular weight is 281 g/mol. The fourth-order valence-corrected chi connectivity index (χ4v) is 1.20. The molecule has 0 aliphatic rings. The predicted octanol–water partition coefficient (Wildman–Crippen LogP) is 2.58. The van der Waals surface area contributed by atoms with E-state index in [2.05, 4.69) is 10.1 Å². The molecule has 0 fully saturated rings. The third-order valence-electron chi connectivity index (χ3n) is 2.08. The number of carbonyl (C=O) groups is 2. The molecule has 0 aliphatic heterocycles. The van der Waals surface area contributed by atoms with E-state index in [9.17, 15) is 18.4 Å². The van der Waals surface area contributed by atoms with Crippen molar-refractivity contribution in [3.63, 3.8) is 0 Å². The SMILES string of the molecule is C/C=C/C=C/C(=O)OCC(=O)Nc1ccc(F)c(F)c1. The summed E-state index contributed by atoms with van der Waals surface area (Å²) in [5, 5.41) is 2.27. The van der Waals surface area contributed by atoms with Gasteiger partial charge < -0.3 is 10.1 Å². The topological polar surface area (TPSA) is 55.4 Å². The molecular weight excluding hydrogens is 268 g/mol. The van der Waals surface area contributed by atoms with Gasteiger partial charge in [-0.15, -0.1) is 0 Å². The number of rotatable bonds is 5. The molecule has 106 valence electrons. The quantitative estimate of drug-likeness (QED) is 0.512. The van der Waals surface area contributed by atoms with Crippen LogP contribution < -0.4 is 5.32 Å². The Morgan fingerprint density at radius 3 is 2.65 bits per heavy atom. The van der Waals surface area contributed by atoms with E-state index >= 15 is 0 Å². The van der Waals surface area contributed by atoms with Gasteiger partial charge >= 0.3 is 5.97 Å². The molecule has 1 rings (SSSR count). The number of ether oxygens (including phenoxy) is 1. The van der Waals surface area contributed by atoms with Gasteiger partial charge in [0.2, 0.25) is 0 Å². The first-order chi connectivity index (χ1) is 9.52. The lowest BCUT2D eigenvalue weighted by Crippen LogP contribution is -2.20. The van der Waals surface area contributed by atoms with Gasteiger partial charge in [-0.1, -0.05) is 18.2 Å². The zero-order valence-electron chi connectivity index (χ0n) is 10.7. The third-order valence-corrected chi connectivity index (χ3v) is 2.08. The van der Waals surface area contributed by atoms with E-state index in [-0.39, 0.29) is 5.69 Å². The van der Waals surface area contributed by atoms with Crippen LogP contribution in [0.25, 0.3) is 0 Å². The van der Waals surface area contributed by atoms with Crippen molar-refractivity contribution in [2.24, 2.45) is 0 Å². The second-order valence-corrected chi connectivity index (χ2v) is 3.67. The van der Waals surface area contributed by atoms with Crippen molar-refractivity contribution in [3.8, 4) is 0 Å². The van der Waals surface area contributed by atoms with Crippen LogP contribution in [0.5, 0.6) is 0 Å². The molecule has 0 bridgehead atoms. The maximum Gasteiger partial charge on any atom is 0.331 e. The molecule has 1 N–H and O–H groups in total.